The Kier molecular flexibility index (Phi) is 2.01. The SMILES string of the molecule is Cc1cn[nH]c1-c1nc(=S)nc(N)[nH]1. The zero-order valence-electron chi connectivity index (χ0n) is 7.40. The highest BCUT2D eigenvalue weighted by Crippen LogP contribution is 2.15. The highest BCUT2D eigenvalue weighted by molar-refractivity contribution is 7.71. The Balaban J connectivity index is 2.63. The Morgan fingerprint density at radius 2 is 2.21 bits per heavy atom. The van der Waals surface area contributed by atoms with Crippen molar-refractivity contribution in [3.63, 3.8) is 0 Å². The van der Waals surface area contributed by atoms with Gasteiger partial charge in [-0.05, 0) is 24.7 Å². The fourth-order valence-corrected chi connectivity index (χ4v) is 1.30. The Bertz CT molecular complexity index is 513. The maximum Gasteiger partial charge on any atom is 0.224 e. The molecule has 0 atom stereocenters. The molecular weight excluding hydrogens is 200 g/mol. The molecule has 0 unspecified atom stereocenters. The lowest BCUT2D eigenvalue weighted by atomic mass is 10.3. The van der Waals surface area contributed by atoms with Crippen molar-refractivity contribution >= 4 is 18.2 Å². The first-order valence-electron chi connectivity index (χ1n) is 3.91. The Morgan fingerprint density at radius 1 is 1.43 bits per heavy atom. The van der Waals surface area contributed by atoms with Crippen LogP contribution in [0, 0.1) is 11.7 Å². The van der Waals surface area contributed by atoms with Crippen LogP contribution in [0.1, 0.15) is 5.56 Å². The molecule has 2 rings (SSSR count). The summed E-state index contributed by atoms with van der Waals surface area (Å²) in [6, 6.07) is 0. The van der Waals surface area contributed by atoms with Crippen LogP contribution in [-0.2, 0) is 0 Å². The average molecular weight is 208 g/mol. The third-order valence-electron chi connectivity index (χ3n) is 1.74. The van der Waals surface area contributed by atoms with Gasteiger partial charge in [0.1, 0.15) is 5.69 Å². The summed E-state index contributed by atoms with van der Waals surface area (Å²) in [4.78, 5) is 10.6. The van der Waals surface area contributed by atoms with Gasteiger partial charge in [0, 0.05) is 0 Å². The lowest BCUT2D eigenvalue weighted by molar-refractivity contribution is 1.02. The predicted molar refractivity (Wildman–Crippen MR) is 53.9 cm³/mol. The first kappa shape index (κ1) is 8.82. The van der Waals surface area contributed by atoms with E-state index in [1.165, 1.54) is 0 Å². The van der Waals surface area contributed by atoms with E-state index in [2.05, 4.69) is 25.1 Å². The lowest BCUT2D eigenvalue weighted by Gasteiger charge is -1.99. The number of anilines is 1. The van der Waals surface area contributed by atoms with E-state index in [1.54, 1.807) is 6.20 Å². The topological polar surface area (TPSA) is 96.3 Å². The zero-order valence-corrected chi connectivity index (χ0v) is 8.22. The molecule has 0 aliphatic carbocycles. The van der Waals surface area contributed by atoms with E-state index >= 15 is 0 Å². The highest BCUT2D eigenvalue weighted by Gasteiger charge is 2.06. The molecule has 0 fully saturated rings. The third kappa shape index (κ3) is 1.49. The van der Waals surface area contributed by atoms with E-state index in [0.29, 0.717) is 5.82 Å². The summed E-state index contributed by atoms with van der Waals surface area (Å²) in [5.41, 5.74) is 7.24. The monoisotopic (exact) mass is 208 g/mol. The molecule has 6 nitrogen and oxygen atoms in total. The molecule has 0 aliphatic heterocycles. The van der Waals surface area contributed by atoms with Crippen molar-refractivity contribution in [2.75, 3.05) is 5.73 Å². The fraction of sp³-hybridized carbons (Fsp3) is 0.143. The van der Waals surface area contributed by atoms with Gasteiger partial charge in [-0.3, -0.25) is 5.10 Å². The van der Waals surface area contributed by atoms with Gasteiger partial charge in [0.05, 0.1) is 6.20 Å². The van der Waals surface area contributed by atoms with Crippen molar-refractivity contribution in [3.8, 4) is 11.5 Å². The van der Waals surface area contributed by atoms with Crippen molar-refractivity contribution in [2.24, 2.45) is 0 Å². The number of aryl methyl sites for hydroxylation is 1. The Hall–Kier alpha value is -1.76. The van der Waals surface area contributed by atoms with Gasteiger partial charge in [-0.15, -0.1) is 0 Å². The number of hydrogen-bond donors (Lipinski definition) is 3. The number of hydrogen-bond acceptors (Lipinski definition) is 5. The molecule has 0 spiro atoms. The number of rotatable bonds is 1. The summed E-state index contributed by atoms with van der Waals surface area (Å²) in [5, 5.41) is 6.68. The van der Waals surface area contributed by atoms with Gasteiger partial charge in [0.2, 0.25) is 10.7 Å². The van der Waals surface area contributed by atoms with Gasteiger partial charge >= 0.3 is 0 Å². The van der Waals surface area contributed by atoms with E-state index in [1.807, 2.05) is 6.92 Å². The molecule has 2 heterocycles. The highest BCUT2D eigenvalue weighted by atomic mass is 32.1. The average Bonchev–Trinajstić information content (AvgIpc) is 2.49. The van der Waals surface area contributed by atoms with Crippen molar-refractivity contribution in [2.45, 2.75) is 6.92 Å². The lowest BCUT2D eigenvalue weighted by Crippen LogP contribution is -2.00. The van der Waals surface area contributed by atoms with Crippen molar-refractivity contribution < 1.29 is 0 Å². The normalized spacial score (nSPS) is 10.4. The van der Waals surface area contributed by atoms with Crippen LogP contribution in [0.2, 0.25) is 0 Å². The van der Waals surface area contributed by atoms with E-state index in [0.717, 1.165) is 11.3 Å². The minimum atomic E-state index is 0.213. The number of H-pyrrole nitrogens is 2. The molecule has 0 aromatic carbocycles. The predicted octanol–water partition coefficient (Wildman–Crippen LogP) is 0.815. The third-order valence-corrected chi connectivity index (χ3v) is 1.92. The summed E-state index contributed by atoms with van der Waals surface area (Å²) in [7, 11) is 0. The molecule has 0 saturated carbocycles. The molecule has 0 radical (unpaired) electrons. The van der Waals surface area contributed by atoms with Gasteiger partial charge < -0.3 is 10.7 Å². The maximum atomic E-state index is 5.51. The largest absolute Gasteiger partial charge is 0.369 e. The summed E-state index contributed by atoms with van der Waals surface area (Å²) in [6.07, 6.45) is 1.70. The quantitative estimate of drug-likeness (QED) is 0.603. The van der Waals surface area contributed by atoms with Crippen LogP contribution in [0.4, 0.5) is 5.95 Å². The molecule has 0 bridgehead atoms. The van der Waals surface area contributed by atoms with Crippen LogP contribution in [0.3, 0.4) is 0 Å². The standard InChI is InChI=1S/C7H8N6S/c1-3-2-9-13-4(3)5-10-6(8)12-7(14)11-5/h2H,1H3,(H,9,13)(H3,8,10,11,12,14). The summed E-state index contributed by atoms with van der Waals surface area (Å²) >= 11 is 4.85. The van der Waals surface area contributed by atoms with E-state index in [9.17, 15) is 0 Å². The summed E-state index contributed by atoms with van der Waals surface area (Å²) < 4.78 is 0.213. The van der Waals surface area contributed by atoms with Gasteiger partial charge in [-0.2, -0.15) is 15.1 Å². The van der Waals surface area contributed by atoms with Crippen LogP contribution in [0.5, 0.6) is 0 Å². The molecule has 7 heteroatoms. The zero-order chi connectivity index (χ0) is 10.1. The summed E-state index contributed by atoms with van der Waals surface area (Å²) in [6.45, 7) is 1.91. The molecule has 0 amide bonds. The number of nitrogen functional groups attached to an aromatic ring is 1. The maximum absolute atomic E-state index is 5.51. The fourth-order valence-electron chi connectivity index (χ4n) is 1.11. The number of nitrogens with one attached hydrogen (secondary N) is 2. The number of aromatic amines is 2. The van der Waals surface area contributed by atoms with E-state index in [-0.39, 0.29) is 10.7 Å². The van der Waals surface area contributed by atoms with E-state index in [4.69, 9.17) is 18.0 Å². The first-order chi connectivity index (χ1) is 6.66. The second-order valence-corrected chi connectivity index (χ2v) is 3.16. The minimum absolute atomic E-state index is 0.213. The van der Waals surface area contributed by atoms with Gasteiger partial charge in [0.15, 0.2) is 5.82 Å². The van der Waals surface area contributed by atoms with Gasteiger partial charge in [-0.25, -0.2) is 0 Å². The number of nitrogens with zero attached hydrogens (tertiary/aromatic N) is 3. The first-order valence-corrected chi connectivity index (χ1v) is 4.32. The van der Waals surface area contributed by atoms with Crippen LogP contribution < -0.4 is 5.73 Å². The molecule has 0 saturated heterocycles. The molecule has 72 valence electrons. The van der Waals surface area contributed by atoms with Crippen molar-refractivity contribution in [3.05, 3.63) is 16.5 Å². The van der Waals surface area contributed by atoms with Crippen LogP contribution in [0.15, 0.2) is 6.20 Å². The van der Waals surface area contributed by atoms with Crippen LogP contribution in [-0.4, -0.2) is 25.1 Å². The molecule has 2 aromatic rings. The second-order valence-electron chi connectivity index (χ2n) is 2.79. The van der Waals surface area contributed by atoms with Crippen LogP contribution in [0.25, 0.3) is 11.5 Å². The molecule has 0 aliphatic rings. The molecular formula is C7H8N6S. The summed E-state index contributed by atoms with van der Waals surface area (Å²) in [5.74, 6) is 0.798. The second kappa shape index (κ2) is 3.18. The molecule has 2 aromatic heterocycles. The van der Waals surface area contributed by atoms with Gasteiger partial charge in [0.25, 0.3) is 0 Å². The Labute approximate surface area is 84.6 Å². The van der Waals surface area contributed by atoms with Crippen molar-refractivity contribution in [1.29, 1.82) is 0 Å². The minimum Gasteiger partial charge on any atom is -0.369 e. The van der Waals surface area contributed by atoms with E-state index < -0.39 is 0 Å². The van der Waals surface area contributed by atoms with Crippen LogP contribution >= 0.6 is 12.2 Å². The molecule has 14 heavy (non-hydrogen) atoms. The number of nitrogens with two attached hydrogens (primary N) is 1. The Morgan fingerprint density at radius 3 is 2.79 bits per heavy atom. The number of aromatic nitrogens is 5. The van der Waals surface area contributed by atoms with Crippen molar-refractivity contribution in [1.82, 2.24) is 25.1 Å². The molecule has 4 N–H and O–H groups in total. The van der Waals surface area contributed by atoms with Gasteiger partial charge in [-0.1, -0.05) is 0 Å². The smallest absolute Gasteiger partial charge is 0.224 e.